The van der Waals surface area contributed by atoms with Crippen LogP contribution in [0.15, 0.2) is 36.4 Å². The van der Waals surface area contributed by atoms with Crippen molar-refractivity contribution in [2.45, 2.75) is 47.1 Å². The molecule has 1 heterocycles. The molecule has 0 saturated carbocycles. The van der Waals surface area contributed by atoms with Crippen molar-refractivity contribution in [1.29, 1.82) is 0 Å². The van der Waals surface area contributed by atoms with E-state index in [2.05, 4.69) is 32.0 Å². The Hall–Kier alpha value is -2.59. The van der Waals surface area contributed by atoms with Gasteiger partial charge < -0.3 is 9.47 Å². The Morgan fingerprint density at radius 2 is 1.70 bits per heavy atom. The molecule has 0 radical (unpaired) electrons. The van der Waals surface area contributed by atoms with Gasteiger partial charge in [0.05, 0.1) is 18.4 Å². The molecule has 158 valence electrons. The average molecular weight is 428 g/mol. The maximum Gasteiger partial charge on any atom is 0.166 e. The van der Waals surface area contributed by atoms with Gasteiger partial charge in [0, 0.05) is 21.8 Å². The molecule has 0 fully saturated rings. The van der Waals surface area contributed by atoms with Gasteiger partial charge in [-0.3, -0.25) is 4.98 Å². The van der Waals surface area contributed by atoms with Gasteiger partial charge in [0.1, 0.15) is 12.4 Å². The lowest BCUT2D eigenvalue weighted by Gasteiger charge is -2.20. The highest BCUT2D eigenvalue weighted by Gasteiger charge is 2.21. The molecule has 0 saturated heterocycles. The third-order valence-corrected chi connectivity index (χ3v) is 5.63. The van der Waals surface area contributed by atoms with Crippen LogP contribution in [0.3, 0.4) is 0 Å². The minimum Gasteiger partial charge on any atom is -0.496 e. The smallest absolute Gasteiger partial charge is 0.166 e. The van der Waals surface area contributed by atoms with Crippen molar-refractivity contribution in [2.75, 3.05) is 7.11 Å². The van der Waals surface area contributed by atoms with E-state index in [0.717, 1.165) is 41.1 Å². The summed E-state index contributed by atoms with van der Waals surface area (Å²) >= 11 is 5.83. The summed E-state index contributed by atoms with van der Waals surface area (Å²) in [4.78, 5) is 4.94. The molecule has 1 aromatic heterocycles. The van der Waals surface area contributed by atoms with E-state index in [1.165, 1.54) is 28.8 Å². The minimum absolute atomic E-state index is 0.146. The van der Waals surface area contributed by atoms with Crippen LogP contribution < -0.4 is 9.47 Å². The summed E-state index contributed by atoms with van der Waals surface area (Å²) in [6.45, 7) is 8.40. The molecule has 0 atom stereocenters. The average Bonchev–Trinajstić information content (AvgIpc) is 2.74. The number of methoxy groups -OCH3 is 1. The number of rotatable bonds is 7. The van der Waals surface area contributed by atoms with Gasteiger partial charge in [-0.25, -0.2) is 4.39 Å². The second-order valence-corrected chi connectivity index (χ2v) is 7.64. The topological polar surface area (TPSA) is 31.4 Å². The molecule has 0 spiro atoms. The molecule has 3 aromatic rings. The summed E-state index contributed by atoms with van der Waals surface area (Å²) < 4.78 is 25.6. The summed E-state index contributed by atoms with van der Waals surface area (Å²) in [5.41, 5.74) is 7.19. The molecular weight excluding hydrogens is 401 g/mol. The van der Waals surface area contributed by atoms with Gasteiger partial charge >= 0.3 is 0 Å². The van der Waals surface area contributed by atoms with Gasteiger partial charge in [-0.05, 0) is 56.0 Å². The molecule has 2 aromatic carbocycles. The van der Waals surface area contributed by atoms with E-state index in [1.54, 1.807) is 13.2 Å². The van der Waals surface area contributed by atoms with E-state index in [0.29, 0.717) is 5.02 Å². The SMILES string of the molecule is CCc1cccc(CC)c1-c1nc(C)c(COc2ccc(Cl)cc2F)c(OC)c1C. The molecule has 0 bridgehead atoms. The number of aromatic nitrogens is 1. The summed E-state index contributed by atoms with van der Waals surface area (Å²) in [6.07, 6.45) is 1.85. The third-order valence-electron chi connectivity index (χ3n) is 5.39. The number of nitrogens with zero attached hydrogens (tertiary/aromatic N) is 1. The molecule has 0 amide bonds. The number of halogens is 2. The predicted octanol–water partition coefficient (Wildman–Crippen LogP) is 6.87. The summed E-state index contributed by atoms with van der Waals surface area (Å²) in [5, 5.41) is 0.330. The number of hydrogen-bond donors (Lipinski definition) is 0. The Labute approximate surface area is 182 Å². The van der Waals surface area contributed by atoms with Crippen molar-refractivity contribution >= 4 is 11.6 Å². The lowest BCUT2D eigenvalue weighted by molar-refractivity contribution is 0.281. The largest absolute Gasteiger partial charge is 0.496 e. The maximum absolute atomic E-state index is 14.1. The fourth-order valence-corrected chi connectivity index (χ4v) is 3.95. The molecule has 3 nitrogen and oxygen atoms in total. The highest BCUT2D eigenvalue weighted by atomic mass is 35.5. The van der Waals surface area contributed by atoms with Gasteiger partial charge in [0.2, 0.25) is 0 Å². The molecule has 0 aliphatic carbocycles. The Bertz CT molecular complexity index is 1040. The van der Waals surface area contributed by atoms with Crippen LogP contribution in [0, 0.1) is 19.7 Å². The molecule has 0 N–H and O–H groups in total. The number of ether oxygens (including phenoxy) is 2. The van der Waals surface area contributed by atoms with Gasteiger partial charge in [-0.2, -0.15) is 0 Å². The monoisotopic (exact) mass is 427 g/mol. The van der Waals surface area contributed by atoms with Crippen LogP contribution in [0.4, 0.5) is 4.39 Å². The van der Waals surface area contributed by atoms with Crippen molar-refractivity contribution in [3.63, 3.8) is 0 Å². The van der Waals surface area contributed by atoms with E-state index in [-0.39, 0.29) is 12.4 Å². The lowest BCUT2D eigenvalue weighted by Crippen LogP contribution is -2.08. The van der Waals surface area contributed by atoms with Crippen LogP contribution in [-0.2, 0) is 19.4 Å². The van der Waals surface area contributed by atoms with E-state index in [1.807, 2.05) is 13.8 Å². The molecular formula is C25H27ClFNO2. The second-order valence-electron chi connectivity index (χ2n) is 7.20. The lowest BCUT2D eigenvalue weighted by atomic mass is 9.91. The molecule has 0 aliphatic rings. The Morgan fingerprint density at radius 3 is 2.27 bits per heavy atom. The Morgan fingerprint density at radius 1 is 1.03 bits per heavy atom. The predicted molar refractivity (Wildman–Crippen MR) is 120 cm³/mol. The highest BCUT2D eigenvalue weighted by molar-refractivity contribution is 6.30. The van der Waals surface area contributed by atoms with Gasteiger partial charge in [-0.15, -0.1) is 0 Å². The van der Waals surface area contributed by atoms with E-state index >= 15 is 0 Å². The summed E-state index contributed by atoms with van der Waals surface area (Å²) in [7, 11) is 1.64. The van der Waals surface area contributed by atoms with Gasteiger partial charge in [-0.1, -0.05) is 43.6 Å². The first-order valence-electron chi connectivity index (χ1n) is 10.1. The fraction of sp³-hybridized carbons (Fsp3) is 0.320. The minimum atomic E-state index is -0.495. The van der Waals surface area contributed by atoms with E-state index in [4.69, 9.17) is 26.1 Å². The Balaban J connectivity index is 2.06. The van der Waals surface area contributed by atoms with Crippen LogP contribution in [0.1, 0.15) is 41.8 Å². The fourth-order valence-electron chi connectivity index (χ4n) is 3.80. The maximum atomic E-state index is 14.1. The molecule has 0 unspecified atom stereocenters. The molecule has 0 aliphatic heterocycles. The Kier molecular flexibility index (Phi) is 6.99. The van der Waals surface area contributed by atoms with E-state index in [9.17, 15) is 4.39 Å². The number of aryl methyl sites for hydroxylation is 3. The summed E-state index contributed by atoms with van der Waals surface area (Å²) in [6, 6.07) is 10.8. The quantitative estimate of drug-likeness (QED) is 0.412. The van der Waals surface area contributed by atoms with Crippen LogP contribution >= 0.6 is 11.6 Å². The molecule has 30 heavy (non-hydrogen) atoms. The zero-order valence-corrected chi connectivity index (χ0v) is 18.9. The number of hydrogen-bond acceptors (Lipinski definition) is 3. The molecule has 5 heteroatoms. The van der Waals surface area contributed by atoms with E-state index < -0.39 is 5.82 Å². The second kappa shape index (κ2) is 9.48. The zero-order chi connectivity index (χ0) is 21.8. The van der Waals surface area contributed by atoms with Gasteiger partial charge in [0.25, 0.3) is 0 Å². The van der Waals surface area contributed by atoms with Crippen LogP contribution in [0.2, 0.25) is 5.02 Å². The van der Waals surface area contributed by atoms with Crippen molar-refractivity contribution in [3.05, 3.63) is 75.2 Å². The van der Waals surface area contributed by atoms with Crippen LogP contribution in [-0.4, -0.2) is 12.1 Å². The highest BCUT2D eigenvalue weighted by Crippen LogP contribution is 2.37. The third kappa shape index (κ3) is 4.29. The summed E-state index contributed by atoms with van der Waals surface area (Å²) in [5.74, 6) is 0.372. The number of pyridine rings is 1. The first-order chi connectivity index (χ1) is 14.4. The first-order valence-corrected chi connectivity index (χ1v) is 10.5. The van der Waals surface area contributed by atoms with Crippen LogP contribution in [0.5, 0.6) is 11.5 Å². The first kappa shape index (κ1) is 22.1. The van der Waals surface area contributed by atoms with Crippen molar-refractivity contribution in [2.24, 2.45) is 0 Å². The normalized spacial score (nSPS) is 10.9. The van der Waals surface area contributed by atoms with Crippen molar-refractivity contribution < 1.29 is 13.9 Å². The van der Waals surface area contributed by atoms with Crippen molar-refractivity contribution in [3.8, 4) is 22.8 Å². The standard InChI is InChI=1S/C25H27ClFNO2/c1-6-17-9-8-10-18(7-2)23(17)24-15(3)25(29-5)20(16(4)28-24)14-30-22-12-11-19(26)13-21(22)27/h8-13H,6-7,14H2,1-5H3. The zero-order valence-electron chi connectivity index (χ0n) is 18.1. The van der Waals surface area contributed by atoms with Gasteiger partial charge in [0.15, 0.2) is 11.6 Å². The molecule has 3 rings (SSSR count). The number of benzene rings is 2. The van der Waals surface area contributed by atoms with Crippen LogP contribution in [0.25, 0.3) is 11.3 Å². The van der Waals surface area contributed by atoms with Crippen molar-refractivity contribution in [1.82, 2.24) is 4.98 Å².